The average Bonchev–Trinajstić information content (AvgIpc) is 2.74. The number of benzene rings is 1. The van der Waals surface area contributed by atoms with Gasteiger partial charge in [0.15, 0.2) is 0 Å². The van der Waals surface area contributed by atoms with E-state index in [-0.39, 0.29) is 5.82 Å². The summed E-state index contributed by atoms with van der Waals surface area (Å²) in [6, 6.07) is 9.34. The van der Waals surface area contributed by atoms with E-state index in [2.05, 4.69) is 4.99 Å². The Hall–Kier alpha value is -2.23. The highest BCUT2D eigenvalue weighted by atomic mass is 19.1. The monoisotopic (exact) mass is 216 g/mol. The number of hydrogen-bond donors (Lipinski definition) is 1. The number of halogens is 1. The van der Waals surface area contributed by atoms with Crippen LogP contribution in [-0.4, -0.2) is 12.4 Å². The van der Waals surface area contributed by atoms with Crippen molar-refractivity contribution in [3.05, 3.63) is 53.7 Å². The minimum Gasteiger partial charge on any atom is -0.454 e. The smallest absolute Gasteiger partial charge is 0.145 e. The van der Waals surface area contributed by atoms with E-state index in [1.807, 2.05) is 0 Å². The molecule has 1 aromatic carbocycles. The lowest BCUT2D eigenvalue weighted by atomic mass is 10.3. The zero-order valence-corrected chi connectivity index (χ0v) is 8.35. The van der Waals surface area contributed by atoms with Crippen LogP contribution in [0, 0.1) is 11.2 Å². The molecule has 0 saturated carbocycles. The van der Waals surface area contributed by atoms with Crippen LogP contribution in [0.1, 0.15) is 11.5 Å². The van der Waals surface area contributed by atoms with Crippen LogP contribution in [0.15, 0.2) is 45.8 Å². The first-order valence-electron chi connectivity index (χ1n) is 4.68. The molecule has 1 N–H and O–H groups in total. The molecule has 0 amide bonds. The van der Waals surface area contributed by atoms with Gasteiger partial charge in [-0.05, 0) is 30.3 Å². The maximum atomic E-state index is 12.8. The Morgan fingerprint density at radius 2 is 2.00 bits per heavy atom. The van der Waals surface area contributed by atoms with Crippen molar-refractivity contribution in [3.63, 3.8) is 0 Å². The van der Waals surface area contributed by atoms with Crippen molar-refractivity contribution in [2.24, 2.45) is 4.99 Å². The molecule has 0 spiro atoms. The summed E-state index contributed by atoms with van der Waals surface area (Å²) in [7, 11) is 0. The Kier molecular flexibility index (Phi) is 2.91. The van der Waals surface area contributed by atoms with Gasteiger partial charge < -0.3 is 9.83 Å². The first-order chi connectivity index (χ1) is 7.78. The molecular weight excluding hydrogens is 207 g/mol. The summed E-state index contributed by atoms with van der Waals surface area (Å²) in [6.45, 7) is 0. The summed E-state index contributed by atoms with van der Waals surface area (Å²) < 4.78 is 18.0. The van der Waals surface area contributed by atoms with Crippen molar-refractivity contribution in [1.29, 1.82) is 5.41 Å². The third-order valence-electron chi connectivity index (χ3n) is 1.94. The zero-order chi connectivity index (χ0) is 11.4. The van der Waals surface area contributed by atoms with Gasteiger partial charge in [-0.15, -0.1) is 0 Å². The predicted octanol–water partition coefficient (Wildman–Crippen LogP) is 3.17. The number of furan rings is 1. The maximum Gasteiger partial charge on any atom is 0.145 e. The van der Waals surface area contributed by atoms with Gasteiger partial charge >= 0.3 is 0 Å². The topological polar surface area (TPSA) is 49.4 Å². The van der Waals surface area contributed by atoms with E-state index in [0.29, 0.717) is 17.2 Å². The summed E-state index contributed by atoms with van der Waals surface area (Å²) in [4.78, 5) is 4.05. The lowest BCUT2D eigenvalue weighted by Gasteiger charge is -1.91. The highest BCUT2D eigenvalue weighted by Gasteiger charge is 1.96. The van der Waals surface area contributed by atoms with Crippen LogP contribution >= 0.6 is 0 Å². The summed E-state index contributed by atoms with van der Waals surface area (Å²) in [5.41, 5.74) is 0.521. The molecule has 2 rings (SSSR count). The van der Waals surface area contributed by atoms with Gasteiger partial charge in [0.1, 0.15) is 17.3 Å². The molecule has 0 atom stereocenters. The Labute approximate surface area is 91.8 Å². The van der Waals surface area contributed by atoms with E-state index in [1.54, 1.807) is 24.3 Å². The lowest BCUT2D eigenvalue weighted by molar-refractivity contribution is 0.553. The largest absolute Gasteiger partial charge is 0.454 e. The Morgan fingerprint density at radius 3 is 2.69 bits per heavy atom. The standard InChI is InChI=1S/C12H9FN2O/c13-9-2-1-3-10(6-9)15-8-12-5-4-11(7-14)16-12/h1-8,14H. The third kappa shape index (κ3) is 2.42. The SMILES string of the molecule is N=Cc1ccc(C=Nc2cccc(F)c2)o1. The summed E-state index contributed by atoms with van der Waals surface area (Å²) in [5, 5.41) is 6.97. The summed E-state index contributed by atoms with van der Waals surface area (Å²) in [6.07, 6.45) is 2.60. The number of nitrogens with zero attached hydrogens (tertiary/aromatic N) is 1. The molecule has 0 bridgehead atoms. The van der Waals surface area contributed by atoms with Crippen molar-refractivity contribution < 1.29 is 8.81 Å². The van der Waals surface area contributed by atoms with Crippen LogP contribution in [0.4, 0.5) is 10.1 Å². The Bertz CT molecular complexity index is 531. The molecule has 3 nitrogen and oxygen atoms in total. The zero-order valence-electron chi connectivity index (χ0n) is 8.35. The number of aliphatic imine (C=N–C) groups is 1. The maximum absolute atomic E-state index is 12.8. The highest BCUT2D eigenvalue weighted by Crippen LogP contribution is 2.13. The summed E-state index contributed by atoms with van der Waals surface area (Å²) >= 11 is 0. The van der Waals surface area contributed by atoms with Crippen molar-refractivity contribution in [2.75, 3.05) is 0 Å². The molecule has 0 saturated heterocycles. The van der Waals surface area contributed by atoms with Gasteiger partial charge in [0.05, 0.1) is 18.1 Å². The molecule has 0 radical (unpaired) electrons. The van der Waals surface area contributed by atoms with Crippen LogP contribution in [0.3, 0.4) is 0 Å². The van der Waals surface area contributed by atoms with Crippen LogP contribution < -0.4 is 0 Å². The van der Waals surface area contributed by atoms with Crippen molar-refractivity contribution in [3.8, 4) is 0 Å². The minimum absolute atomic E-state index is 0.325. The van der Waals surface area contributed by atoms with E-state index < -0.39 is 0 Å². The van der Waals surface area contributed by atoms with Gasteiger partial charge in [-0.2, -0.15) is 0 Å². The quantitative estimate of drug-likeness (QED) is 0.787. The fraction of sp³-hybridized carbons (Fsp3) is 0. The summed E-state index contributed by atoms with van der Waals surface area (Å²) in [5.74, 6) is 0.665. The normalized spacial score (nSPS) is 10.8. The van der Waals surface area contributed by atoms with Gasteiger partial charge in [-0.25, -0.2) is 4.39 Å². The van der Waals surface area contributed by atoms with E-state index in [1.165, 1.54) is 18.3 Å². The Balaban J connectivity index is 2.17. The minimum atomic E-state index is -0.325. The highest BCUT2D eigenvalue weighted by molar-refractivity contribution is 5.81. The molecule has 0 fully saturated rings. The van der Waals surface area contributed by atoms with Gasteiger partial charge in [0.2, 0.25) is 0 Å². The van der Waals surface area contributed by atoms with Gasteiger partial charge in [-0.1, -0.05) is 6.07 Å². The number of hydrogen-bond acceptors (Lipinski definition) is 3. The molecule has 1 heterocycles. The van der Waals surface area contributed by atoms with E-state index in [0.717, 1.165) is 6.21 Å². The molecule has 0 aliphatic heterocycles. The fourth-order valence-electron chi connectivity index (χ4n) is 1.21. The van der Waals surface area contributed by atoms with Crippen LogP contribution in [0.25, 0.3) is 0 Å². The molecule has 0 aliphatic carbocycles. The van der Waals surface area contributed by atoms with Crippen molar-refractivity contribution in [1.82, 2.24) is 0 Å². The Morgan fingerprint density at radius 1 is 1.19 bits per heavy atom. The van der Waals surface area contributed by atoms with Crippen molar-refractivity contribution >= 4 is 18.1 Å². The molecule has 1 aromatic heterocycles. The van der Waals surface area contributed by atoms with Gasteiger partial charge in [-0.3, -0.25) is 4.99 Å². The fourth-order valence-corrected chi connectivity index (χ4v) is 1.21. The molecule has 4 heteroatoms. The second-order valence-corrected chi connectivity index (χ2v) is 3.12. The van der Waals surface area contributed by atoms with Gasteiger partial charge in [0.25, 0.3) is 0 Å². The van der Waals surface area contributed by atoms with Crippen LogP contribution in [0.2, 0.25) is 0 Å². The first kappa shape index (κ1) is 10.3. The molecule has 80 valence electrons. The van der Waals surface area contributed by atoms with Crippen LogP contribution in [0.5, 0.6) is 0 Å². The molecule has 2 aromatic rings. The van der Waals surface area contributed by atoms with Gasteiger partial charge in [0, 0.05) is 0 Å². The van der Waals surface area contributed by atoms with Crippen molar-refractivity contribution in [2.45, 2.75) is 0 Å². The van der Waals surface area contributed by atoms with E-state index >= 15 is 0 Å². The second-order valence-electron chi connectivity index (χ2n) is 3.12. The molecular formula is C12H9FN2O. The number of nitrogens with one attached hydrogen (secondary N) is 1. The van der Waals surface area contributed by atoms with E-state index in [9.17, 15) is 4.39 Å². The molecule has 0 aliphatic rings. The number of rotatable bonds is 3. The molecule has 0 unspecified atom stereocenters. The van der Waals surface area contributed by atoms with Crippen LogP contribution in [-0.2, 0) is 0 Å². The second kappa shape index (κ2) is 4.53. The third-order valence-corrected chi connectivity index (χ3v) is 1.94. The van der Waals surface area contributed by atoms with E-state index in [4.69, 9.17) is 9.83 Å². The predicted molar refractivity (Wildman–Crippen MR) is 60.2 cm³/mol. The molecule has 16 heavy (non-hydrogen) atoms. The average molecular weight is 216 g/mol. The first-order valence-corrected chi connectivity index (χ1v) is 4.68. The lowest BCUT2D eigenvalue weighted by Crippen LogP contribution is -1.76.